The molecule has 7 nitrogen and oxygen atoms in total. The fourth-order valence-electron chi connectivity index (χ4n) is 1.26. The third kappa shape index (κ3) is 5.35. The Morgan fingerprint density at radius 3 is 2.67 bits per heavy atom. The van der Waals surface area contributed by atoms with Crippen molar-refractivity contribution >= 4 is 12.0 Å². The van der Waals surface area contributed by atoms with Gasteiger partial charge < -0.3 is 25.3 Å². The van der Waals surface area contributed by atoms with E-state index in [2.05, 4.69) is 10.6 Å². The van der Waals surface area contributed by atoms with Gasteiger partial charge in [0.25, 0.3) is 0 Å². The number of carboxylic acid groups (broad SMARTS) is 1. The molecule has 1 heterocycles. The second-order valence-corrected chi connectivity index (χ2v) is 3.65. The highest BCUT2D eigenvalue weighted by Gasteiger charge is 2.12. The molecule has 1 aromatic rings. The van der Waals surface area contributed by atoms with Gasteiger partial charge in [-0.05, 0) is 12.1 Å². The van der Waals surface area contributed by atoms with Crippen molar-refractivity contribution in [2.24, 2.45) is 0 Å². The number of amides is 2. The third-order valence-corrected chi connectivity index (χ3v) is 2.23. The van der Waals surface area contributed by atoms with E-state index in [9.17, 15) is 9.59 Å². The Hall–Kier alpha value is -2.02. The van der Waals surface area contributed by atoms with Crippen LogP contribution in [-0.4, -0.2) is 41.4 Å². The summed E-state index contributed by atoms with van der Waals surface area (Å²) in [5.41, 5.74) is 0. The molecule has 0 bridgehead atoms. The SMILES string of the molecule is O=C(NCCc1ccco1)NCC[C@H](O)C(=O)O. The Bertz CT molecular complexity index is 377. The number of aliphatic carboxylic acids is 1. The Balaban J connectivity index is 2.05. The molecule has 7 heteroatoms. The third-order valence-electron chi connectivity index (χ3n) is 2.23. The summed E-state index contributed by atoms with van der Waals surface area (Å²) in [4.78, 5) is 21.5. The van der Waals surface area contributed by atoms with Crippen LogP contribution in [0.15, 0.2) is 22.8 Å². The molecule has 0 fully saturated rings. The van der Waals surface area contributed by atoms with Crippen LogP contribution in [0.1, 0.15) is 12.2 Å². The van der Waals surface area contributed by atoms with E-state index in [1.165, 1.54) is 0 Å². The summed E-state index contributed by atoms with van der Waals surface area (Å²) in [6.07, 6.45) is 0.662. The number of carboxylic acids is 1. The number of aliphatic hydroxyl groups excluding tert-OH is 1. The van der Waals surface area contributed by atoms with Crippen LogP contribution in [0.2, 0.25) is 0 Å². The summed E-state index contributed by atoms with van der Waals surface area (Å²) in [5, 5.41) is 22.4. The first-order chi connectivity index (χ1) is 8.59. The average Bonchev–Trinajstić information content (AvgIpc) is 2.81. The standard InChI is InChI=1S/C11H16N2O5/c14-9(10(15)16)4-6-13-11(17)12-5-3-8-2-1-7-18-8/h1-2,7,9,14H,3-6H2,(H,15,16)(H2,12,13,17)/t9-/m0/s1. The Morgan fingerprint density at radius 1 is 1.33 bits per heavy atom. The minimum Gasteiger partial charge on any atom is -0.479 e. The van der Waals surface area contributed by atoms with Crippen LogP contribution in [0.5, 0.6) is 0 Å². The monoisotopic (exact) mass is 256 g/mol. The number of rotatable bonds is 7. The van der Waals surface area contributed by atoms with Crippen LogP contribution >= 0.6 is 0 Å². The predicted molar refractivity (Wildman–Crippen MR) is 62.1 cm³/mol. The molecule has 0 aliphatic rings. The van der Waals surface area contributed by atoms with E-state index >= 15 is 0 Å². The van der Waals surface area contributed by atoms with Crippen LogP contribution in [0.3, 0.4) is 0 Å². The van der Waals surface area contributed by atoms with E-state index in [1.807, 2.05) is 6.07 Å². The Labute approximate surface area is 104 Å². The fourth-order valence-corrected chi connectivity index (χ4v) is 1.26. The lowest BCUT2D eigenvalue weighted by molar-refractivity contribution is -0.146. The second-order valence-electron chi connectivity index (χ2n) is 3.65. The molecule has 0 aromatic carbocycles. The van der Waals surface area contributed by atoms with Crippen molar-refractivity contribution in [2.75, 3.05) is 13.1 Å². The van der Waals surface area contributed by atoms with Crippen molar-refractivity contribution in [3.05, 3.63) is 24.2 Å². The van der Waals surface area contributed by atoms with E-state index in [-0.39, 0.29) is 13.0 Å². The molecule has 4 N–H and O–H groups in total. The van der Waals surface area contributed by atoms with Crippen molar-refractivity contribution in [3.63, 3.8) is 0 Å². The van der Waals surface area contributed by atoms with Crippen molar-refractivity contribution < 1.29 is 24.2 Å². The van der Waals surface area contributed by atoms with Crippen LogP contribution in [-0.2, 0) is 11.2 Å². The van der Waals surface area contributed by atoms with Crippen molar-refractivity contribution in [1.82, 2.24) is 10.6 Å². The predicted octanol–water partition coefficient (Wildman–Crippen LogP) is -0.0431. The molecule has 1 atom stereocenters. The molecule has 1 aromatic heterocycles. The number of hydrogen-bond acceptors (Lipinski definition) is 4. The van der Waals surface area contributed by atoms with E-state index in [4.69, 9.17) is 14.6 Å². The van der Waals surface area contributed by atoms with E-state index in [1.54, 1.807) is 12.3 Å². The fraction of sp³-hybridized carbons (Fsp3) is 0.455. The van der Waals surface area contributed by atoms with Gasteiger partial charge in [0, 0.05) is 25.9 Å². The minimum atomic E-state index is -1.45. The first kappa shape index (κ1) is 14.0. The van der Waals surface area contributed by atoms with Crippen molar-refractivity contribution in [3.8, 4) is 0 Å². The van der Waals surface area contributed by atoms with E-state index < -0.39 is 18.1 Å². The summed E-state index contributed by atoms with van der Waals surface area (Å²) in [6.45, 7) is 0.515. The van der Waals surface area contributed by atoms with E-state index in [0.717, 1.165) is 5.76 Å². The molecule has 18 heavy (non-hydrogen) atoms. The number of carbonyl (C=O) groups is 2. The zero-order valence-corrected chi connectivity index (χ0v) is 9.76. The molecule has 0 aliphatic heterocycles. The summed E-state index contributed by atoms with van der Waals surface area (Å²) >= 11 is 0. The molecule has 100 valence electrons. The summed E-state index contributed by atoms with van der Waals surface area (Å²) in [5.74, 6) is -0.522. The number of aliphatic hydroxyl groups is 1. The molecule has 0 unspecified atom stereocenters. The number of urea groups is 1. The first-order valence-corrected chi connectivity index (χ1v) is 5.54. The van der Waals surface area contributed by atoms with Gasteiger partial charge in [0.1, 0.15) is 5.76 Å². The van der Waals surface area contributed by atoms with Gasteiger partial charge in [0.2, 0.25) is 0 Å². The molecule has 2 amide bonds. The maximum absolute atomic E-state index is 11.2. The van der Waals surface area contributed by atoms with Gasteiger partial charge in [0.15, 0.2) is 6.10 Å². The minimum absolute atomic E-state index is 0.0268. The normalized spacial score (nSPS) is 11.8. The largest absolute Gasteiger partial charge is 0.479 e. The number of carbonyl (C=O) groups excluding carboxylic acids is 1. The molecular weight excluding hydrogens is 240 g/mol. The zero-order valence-electron chi connectivity index (χ0n) is 9.76. The lowest BCUT2D eigenvalue weighted by Crippen LogP contribution is -2.38. The topological polar surface area (TPSA) is 112 Å². The maximum atomic E-state index is 11.2. The van der Waals surface area contributed by atoms with E-state index in [0.29, 0.717) is 13.0 Å². The quantitative estimate of drug-likeness (QED) is 0.546. The highest BCUT2D eigenvalue weighted by molar-refractivity contribution is 5.74. The van der Waals surface area contributed by atoms with Crippen molar-refractivity contribution in [2.45, 2.75) is 18.9 Å². The second kappa shape index (κ2) is 7.33. The molecule has 0 spiro atoms. The van der Waals surface area contributed by atoms with Gasteiger partial charge in [-0.1, -0.05) is 0 Å². The lowest BCUT2D eigenvalue weighted by atomic mass is 10.2. The van der Waals surface area contributed by atoms with Gasteiger partial charge >= 0.3 is 12.0 Å². The van der Waals surface area contributed by atoms with Gasteiger partial charge in [-0.3, -0.25) is 0 Å². The maximum Gasteiger partial charge on any atom is 0.332 e. The van der Waals surface area contributed by atoms with Gasteiger partial charge in [-0.15, -0.1) is 0 Å². The molecule has 0 saturated heterocycles. The molecular formula is C11H16N2O5. The Morgan fingerprint density at radius 2 is 2.06 bits per heavy atom. The van der Waals surface area contributed by atoms with Crippen molar-refractivity contribution in [1.29, 1.82) is 0 Å². The number of hydrogen-bond donors (Lipinski definition) is 4. The van der Waals surface area contributed by atoms with Crippen LogP contribution < -0.4 is 10.6 Å². The van der Waals surface area contributed by atoms with Crippen LogP contribution in [0, 0.1) is 0 Å². The number of nitrogens with one attached hydrogen (secondary N) is 2. The van der Waals surface area contributed by atoms with Crippen LogP contribution in [0.4, 0.5) is 4.79 Å². The molecule has 0 aliphatic carbocycles. The zero-order chi connectivity index (χ0) is 13.4. The number of furan rings is 1. The smallest absolute Gasteiger partial charge is 0.332 e. The molecule has 0 radical (unpaired) electrons. The summed E-state index contributed by atoms with van der Waals surface area (Å²) < 4.78 is 5.08. The van der Waals surface area contributed by atoms with Gasteiger partial charge in [-0.2, -0.15) is 0 Å². The molecule has 0 saturated carbocycles. The summed E-state index contributed by atoms with van der Waals surface area (Å²) in [6, 6.07) is 3.17. The Kier molecular flexibility index (Phi) is 5.72. The highest BCUT2D eigenvalue weighted by atomic mass is 16.4. The first-order valence-electron chi connectivity index (χ1n) is 5.54. The lowest BCUT2D eigenvalue weighted by Gasteiger charge is -2.08. The van der Waals surface area contributed by atoms with Crippen LogP contribution in [0.25, 0.3) is 0 Å². The molecule has 1 rings (SSSR count). The average molecular weight is 256 g/mol. The van der Waals surface area contributed by atoms with Gasteiger partial charge in [0.05, 0.1) is 6.26 Å². The summed E-state index contributed by atoms with van der Waals surface area (Å²) in [7, 11) is 0. The van der Waals surface area contributed by atoms with Gasteiger partial charge in [-0.25, -0.2) is 9.59 Å². The highest BCUT2D eigenvalue weighted by Crippen LogP contribution is 1.99.